The van der Waals surface area contributed by atoms with E-state index >= 15 is 0 Å². The van der Waals surface area contributed by atoms with E-state index in [2.05, 4.69) is 4.98 Å². The molecule has 0 aliphatic heterocycles. The van der Waals surface area contributed by atoms with E-state index in [0.29, 0.717) is 16.7 Å². The molecule has 0 unspecified atom stereocenters. The van der Waals surface area contributed by atoms with E-state index in [1.165, 1.54) is 13.0 Å². The normalized spacial score (nSPS) is 12.1. The lowest BCUT2D eigenvalue weighted by molar-refractivity contribution is 0.588. The van der Waals surface area contributed by atoms with Crippen LogP contribution in [0.2, 0.25) is 0 Å². The molecule has 0 atom stereocenters. The number of nitrogens with zero attached hydrogens (tertiary/aromatic N) is 1. The van der Waals surface area contributed by atoms with Gasteiger partial charge in [-0.1, -0.05) is 0 Å². The Kier molecular flexibility index (Phi) is 2.50. The van der Waals surface area contributed by atoms with E-state index in [-0.39, 0.29) is 5.75 Å². The van der Waals surface area contributed by atoms with Gasteiger partial charge in [0.15, 0.2) is 0 Å². The molecule has 0 saturated carbocycles. The second-order valence-electron chi connectivity index (χ2n) is 3.82. The maximum absolute atomic E-state index is 11.8. The van der Waals surface area contributed by atoms with E-state index in [1.807, 2.05) is 0 Å². The van der Waals surface area contributed by atoms with Crippen LogP contribution in [0.25, 0.3) is 11.0 Å². The van der Waals surface area contributed by atoms with Crippen LogP contribution in [-0.4, -0.2) is 23.1 Å². The van der Waals surface area contributed by atoms with E-state index in [9.17, 15) is 13.2 Å². The molecule has 0 aliphatic rings. The van der Waals surface area contributed by atoms with Crippen molar-refractivity contribution in [3.63, 3.8) is 0 Å². The second kappa shape index (κ2) is 3.63. The van der Waals surface area contributed by atoms with Crippen LogP contribution in [0, 0.1) is 6.92 Å². The molecular weight excluding hydrogens is 242 g/mol. The average molecular weight is 255 g/mol. The Hall–Kier alpha value is -1.76. The van der Waals surface area contributed by atoms with Gasteiger partial charge in [0.25, 0.3) is 0 Å². The van der Waals surface area contributed by atoms with Crippen molar-refractivity contribution >= 4 is 26.7 Å². The number of benzene rings is 1. The monoisotopic (exact) mass is 255 g/mol. The lowest BCUT2D eigenvalue weighted by Crippen LogP contribution is -2.26. The molecule has 1 aromatic carbocycles. The number of hydrogen-bond donors (Lipinski definition) is 2. The van der Waals surface area contributed by atoms with Crippen LogP contribution in [0.1, 0.15) is 12.5 Å². The first-order chi connectivity index (χ1) is 7.86. The summed E-state index contributed by atoms with van der Waals surface area (Å²) in [5, 5.41) is 0. The Morgan fingerprint density at radius 3 is 2.65 bits per heavy atom. The van der Waals surface area contributed by atoms with Gasteiger partial charge in [0.1, 0.15) is 0 Å². The van der Waals surface area contributed by atoms with Crippen molar-refractivity contribution in [3.8, 4) is 0 Å². The summed E-state index contributed by atoms with van der Waals surface area (Å²) in [6.45, 7) is 3.27. The van der Waals surface area contributed by atoms with Gasteiger partial charge >= 0.3 is 5.69 Å². The highest BCUT2D eigenvalue weighted by atomic mass is 32.2. The summed E-state index contributed by atoms with van der Waals surface area (Å²) in [5.74, 6) is -0.145. The highest BCUT2D eigenvalue weighted by Gasteiger charge is 2.18. The zero-order valence-corrected chi connectivity index (χ0v) is 10.3. The maximum Gasteiger partial charge on any atom is 0.340 e. The van der Waals surface area contributed by atoms with Gasteiger partial charge in [-0.15, -0.1) is 0 Å². The third kappa shape index (κ3) is 1.72. The predicted molar refractivity (Wildman–Crippen MR) is 66.6 cm³/mol. The Morgan fingerprint density at radius 1 is 1.41 bits per heavy atom. The smallest absolute Gasteiger partial charge is 0.340 e. The van der Waals surface area contributed by atoms with Gasteiger partial charge in [-0.05, 0) is 31.5 Å². The first-order valence-corrected chi connectivity index (χ1v) is 6.72. The second-order valence-corrected chi connectivity index (χ2v) is 5.93. The van der Waals surface area contributed by atoms with Crippen LogP contribution in [-0.2, 0) is 10.0 Å². The molecule has 0 radical (unpaired) electrons. The van der Waals surface area contributed by atoms with Crippen molar-refractivity contribution in [1.29, 1.82) is 0 Å². The Bertz CT molecular complexity index is 740. The molecule has 0 saturated heterocycles. The lowest BCUT2D eigenvalue weighted by atomic mass is 10.2. The number of aryl methyl sites for hydroxylation is 1. The Balaban J connectivity index is 2.95. The quantitative estimate of drug-likeness (QED) is 0.760. The fraction of sp³-hybridized carbons (Fsp3) is 0.300. The number of aromatic nitrogens is 2. The molecule has 0 spiro atoms. The van der Waals surface area contributed by atoms with E-state index < -0.39 is 15.7 Å². The largest absolute Gasteiger partial charge is 0.398 e. The fourth-order valence-electron chi connectivity index (χ4n) is 1.66. The summed E-state index contributed by atoms with van der Waals surface area (Å²) in [4.78, 5) is 14.2. The van der Waals surface area contributed by atoms with E-state index in [1.54, 1.807) is 13.0 Å². The molecule has 0 amide bonds. The molecule has 92 valence electrons. The fourth-order valence-corrected chi connectivity index (χ4v) is 2.67. The standard InChI is InChI=1S/C10H13N3O3S/c1-3-17(15,16)13-9-5-7(11)6(2)4-8(9)12-10(13)14/h4-5H,3,11H2,1-2H3,(H,12,14). The molecule has 0 bridgehead atoms. The van der Waals surface area contributed by atoms with Gasteiger partial charge in [0.2, 0.25) is 10.0 Å². The molecule has 2 aromatic rings. The van der Waals surface area contributed by atoms with Crippen molar-refractivity contribution in [2.24, 2.45) is 0 Å². The molecule has 3 N–H and O–H groups in total. The number of nitrogens with two attached hydrogens (primary N) is 1. The number of nitrogen functional groups attached to an aromatic ring is 1. The zero-order chi connectivity index (χ0) is 12.8. The lowest BCUT2D eigenvalue weighted by Gasteiger charge is -2.04. The van der Waals surface area contributed by atoms with Crippen LogP contribution in [0.15, 0.2) is 16.9 Å². The van der Waals surface area contributed by atoms with Crippen molar-refractivity contribution < 1.29 is 8.42 Å². The third-order valence-corrected chi connectivity index (χ3v) is 4.32. The number of imidazole rings is 1. The minimum atomic E-state index is -3.62. The van der Waals surface area contributed by atoms with Crippen LogP contribution in [0.3, 0.4) is 0 Å². The predicted octanol–water partition coefficient (Wildman–Crippen LogP) is 0.418. The molecule has 17 heavy (non-hydrogen) atoms. The maximum atomic E-state index is 11.8. The van der Waals surface area contributed by atoms with Gasteiger partial charge in [-0.25, -0.2) is 13.2 Å². The number of aromatic amines is 1. The average Bonchev–Trinajstić information content (AvgIpc) is 2.55. The topological polar surface area (TPSA) is 98.0 Å². The SMILES string of the molecule is CCS(=O)(=O)n1c(=O)[nH]c2cc(C)c(N)cc21. The molecule has 6 nitrogen and oxygen atoms in total. The summed E-state index contributed by atoms with van der Waals surface area (Å²) in [6.07, 6.45) is 0. The molecule has 7 heteroatoms. The minimum absolute atomic E-state index is 0.145. The number of nitrogens with one attached hydrogen (secondary N) is 1. The van der Waals surface area contributed by atoms with Crippen molar-refractivity contribution in [3.05, 3.63) is 28.2 Å². The first kappa shape index (κ1) is 11.7. The van der Waals surface area contributed by atoms with Gasteiger partial charge < -0.3 is 10.7 Å². The van der Waals surface area contributed by atoms with E-state index in [0.717, 1.165) is 9.54 Å². The molecular formula is C10H13N3O3S. The van der Waals surface area contributed by atoms with Crippen molar-refractivity contribution in [1.82, 2.24) is 8.96 Å². The third-order valence-electron chi connectivity index (χ3n) is 2.67. The number of hydrogen-bond acceptors (Lipinski definition) is 4. The molecule has 2 rings (SSSR count). The van der Waals surface area contributed by atoms with Gasteiger partial charge in [-0.3, -0.25) is 0 Å². The highest BCUT2D eigenvalue weighted by molar-refractivity contribution is 7.90. The summed E-state index contributed by atoms with van der Waals surface area (Å²) >= 11 is 0. The first-order valence-electron chi connectivity index (χ1n) is 5.11. The Labute approximate surface area is 98.1 Å². The number of anilines is 1. The van der Waals surface area contributed by atoms with Crippen LogP contribution in [0.5, 0.6) is 0 Å². The highest BCUT2D eigenvalue weighted by Crippen LogP contribution is 2.20. The number of rotatable bonds is 2. The van der Waals surface area contributed by atoms with Gasteiger partial charge in [0.05, 0.1) is 16.8 Å². The van der Waals surface area contributed by atoms with Gasteiger partial charge in [0, 0.05) is 5.69 Å². The van der Waals surface area contributed by atoms with Crippen molar-refractivity contribution in [2.45, 2.75) is 13.8 Å². The minimum Gasteiger partial charge on any atom is -0.398 e. The summed E-state index contributed by atoms with van der Waals surface area (Å²) in [6, 6.07) is 3.16. The molecule has 1 heterocycles. The van der Waals surface area contributed by atoms with Crippen LogP contribution in [0.4, 0.5) is 5.69 Å². The zero-order valence-electron chi connectivity index (χ0n) is 9.52. The summed E-state index contributed by atoms with van der Waals surface area (Å²) in [5.41, 5.74) is 7.07. The molecule has 0 aliphatic carbocycles. The molecule has 0 fully saturated rings. The number of H-pyrrole nitrogens is 1. The van der Waals surface area contributed by atoms with Crippen LogP contribution >= 0.6 is 0 Å². The number of fused-ring (bicyclic) bond motifs is 1. The van der Waals surface area contributed by atoms with Crippen molar-refractivity contribution in [2.75, 3.05) is 11.5 Å². The van der Waals surface area contributed by atoms with Crippen LogP contribution < -0.4 is 11.4 Å². The molecule has 1 aromatic heterocycles. The van der Waals surface area contributed by atoms with Gasteiger partial charge in [-0.2, -0.15) is 3.97 Å². The summed E-state index contributed by atoms with van der Waals surface area (Å²) in [7, 11) is -3.62. The van der Waals surface area contributed by atoms with E-state index in [4.69, 9.17) is 5.73 Å². The Morgan fingerprint density at radius 2 is 2.06 bits per heavy atom. The summed E-state index contributed by atoms with van der Waals surface area (Å²) < 4.78 is 24.4.